The van der Waals surface area contributed by atoms with Crippen molar-refractivity contribution in [3.8, 4) is 0 Å². The van der Waals surface area contributed by atoms with Crippen molar-refractivity contribution >= 4 is 11.8 Å². The molecule has 14 heavy (non-hydrogen) atoms. The average molecular weight is 209 g/mol. The second-order valence-corrected chi connectivity index (χ2v) is 4.97. The normalized spacial score (nSPS) is 11.4. The summed E-state index contributed by atoms with van der Waals surface area (Å²) in [7, 11) is 0. The third-order valence-electron chi connectivity index (χ3n) is 2.33. The van der Waals surface area contributed by atoms with Crippen molar-refractivity contribution in [2.24, 2.45) is 0 Å². The van der Waals surface area contributed by atoms with Gasteiger partial charge in [-0.3, -0.25) is 4.98 Å². The van der Waals surface area contributed by atoms with Gasteiger partial charge in [-0.25, -0.2) is 0 Å². The van der Waals surface area contributed by atoms with Gasteiger partial charge < -0.3 is 0 Å². The van der Waals surface area contributed by atoms with E-state index < -0.39 is 0 Å². The quantitative estimate of drug-likeness (QED) is 0.697. The van der Waals surface area contributed by atoms with E-state index in [0.717, 1.165) is 0 Å². The zero-order valence-corrected chi connectivity index (χ0v) is 10.5. The maximum Gasteiger partial charge on any atom is 0.0474 e. The number of hydrogen-bond donors (Lipinski definition) is 0. The summed E-state index contributed by atoms with van der Waals surface area (Å²) in [6.07, 6.45) is 4.05. The van der Waals surface area contributed by atoms with Crippen LogP contribution in [0.2, 0.25) is 0 Å². The maximum atomic E-state index is 4.49. The van der Waals surface area contributed by atoms with Crippen LogP contribution in [-0.4, -0.2) is 11.2 Å². The Morgan fingerprint density at radius 1 is 1.14 bits per heavy atom. The Balaban J connectivity index is 3.28. The number of rotatable bonds is 3. The first-order valence-electron chi connectivity index (χ1n) is 5.10. The highest BCUT2D eigenvalue weighted by molar-refractivity contribution is 7.98. The molecule has 0 atom stereocenters. The van der Waals surface area contributed by atoms with Gasteiger partial charge in [-0.05, 0) is 29.7 Å². The van der Waals surface area contributed by atoms with Crippen LogP contribution in [0.1, 0.15) is 50.8 Å². The molecule has 0 N–H and O–H groups in total. The molecule has 78 valence electrons. The van der Waals surface area contributed by atoms with E-state index in [1.165, 1.54) is 16.2 Å². The van der Waals surface area contributed by atoms with E-state index in [9.17, 15) is 0 Å². The van der Waals surface area contributed by atoms with Gasteiger partial charge in [0.25, 0.3) is 0 Å². The monoisotopic (exact) mass is 209 g/mol. The largest absolute Gasteiger partial charge is 0.261 e. The first-order chi connectivity index (χ1) is 6.57. The topological polar surface area (TPSA) is 12.9 Å². The molecule has 0 amide bonds. The highest BCUT2D eigenvalue weighted by Gasteiger charge is 2.14. The van der Waals surface area contributed by atoms with E-state index in [4.69, 9.17) is 0 Å². The first kappa shape index (κ1) is 11.6. The second kappa shape index (κ2) is 4.83. The Hall–Kier alpha value is -0.500. The Morgan fingerprint density at radius 2 is 1.79 bits per heavy atom. The minimum Gasteiger partial charge on any atom is -0.261 e. The van der Waals surface area contributed by atoms with Gasteiger partial charge in [-0.15, -0.1) is 11.8 Å². The molecule has 0 saturated carbocycles. The van der Waals surface area contributed by atoms with E-state index in [2.05, 4.69) is 45.0 Å². The maximum absolute atomic E-state index is 4.49. The molecule has 0 spiro atoms. The van der Waals surface area contributed by atoms with Crippen LogP contribution in [0.3, 0.4) is 0 Å². The van der Waals surface area contributed by atoms with Gasteiger partial charge in [-0.1, -0.05) is 27.7 Å². The summed E-state index contributed by atoms with van der Waals surface area (Å²) in [6, 6.07) is 2.12. The highest BCUT2D eigenvalue weighted by atomic mass is 32.2. The molecule has 1 heterocycles. The number of pyridine rings is 1. The summed E-state index contributed by atoms with van der Waals surface area (Å²) in [5.41, 5.74) is 2.68. The van der Waals surface area contributed by atoms with E-state index in [1.807, 2.05) is 18.0 Å². The number of thioether (sulfide) groups is 1. The molecule has 2 heteroatoms. The molecule has 0 bridgehead atoms. The summed E-state index contributed by atoms with van der Waals surface area (Å²) < 4.78 is 0. The third-order valence-corrected chi connectivity index (χ3v) is 3.12. The predicted octanol–water partition coefficient (Wildman–Crippen LogP) is 4.05. The van der Waals surface area contributed by atoms with Gasteiger partial charge in [0.15, 0.2) is 0 Å². The Bertz CT molecular complexity index is 305. The van der Waals surface area contributed by atoms with E-state index in [-0.39, 0.29) is 0 Å². The molecule has 0 aromatic carbocycles. The molecule has 0 saturated heterocycles. The van der Waals surface area contributed by atoms with E-state index >= 15 is 0 Å². The summed E-state index contributed by atoms with van der Waals surface area (Å²) in [5.74, 6) is 1.07. The zero-order chi connectivity index (χ0) is 10.7. The van der Waals surface area contributed by atoms with Gasteiger partial charge in [0.2, 0.25) is 0 Å². The smallest absolute Gasteiger partial charge is 0.0474 e. The molecule has 0 aliphatic rings. The van der Waals surface area contributed by atoms with Crippen LogP contribution in [0.15, 0.2) is 17.2 Å². The van der Waals surface area contributed by atoms with Gasteiger partial charge in [0.1, 0.15) is 0 Å². The predicted molar refractivity (Wildman–Crippen MR) is 64.2 cm³/mol. The van der Waals surface area contributed by atoms with Crippen molar-refractivity contribution in [3.05, 3.63) is 23.5 Å². The SMILES string of the molecule is CSc1ccnc(C(C)C)c1C(C)C. The van der Waals surface area contributed by atoms with Crippen molar-refractivity contribution in [2.75, 3.05) is 6.26 Å². The van der Waals surface area contributed by atoms with Crippen LogP contribution in [-0.2, 0) is 0 Å². The highest BCUT2D eigenvalue weighted by Crippen LogP contribution is 2.32. The Morgan fingerprint density at radius 3 is 2.21 bits per heavy atom. The summed E-state index contributed by atoms with van der Waals surface area (Å²) >= 11 is 1.82. The van der Waals surface area contributed by atoms with E-state index in [0.29, 0.717) is 11.8 Å². The van der Waals surface area contributed by atoms with Crippen LogP contribution in [0.25, 0.3) is 0 Å². The van der Waals surface area contributed by atoms with Gasteiger partial charge in [-0.2, -0.15) is 0 Å². The standard InChI is InChI=1S/C12H19NS/c1-8(2)11-10(14-5)6-7-13-12(11)9(3)4/h6-9H,1-5H3. The first-order valence-corrected chi connectivity index (χ1v) is 6.33. The zero-order valence-electron chi connectivity index (χ0n) is 9.66. The number of nitrogens with zero attached hydrogens (tertiary/aromatic N) is 1. The van der Waals surface area contributed by atoms with Crippen molar-refractivity contribution in [2.45, 2.75) is 44.4 Å². The lowest BCUT2D eigenvalue weighted by Crippen LogP contribution is -2.03. The molecule has 0 fully saturated rings. The van der Waals surface area contributed by atoms with Crippen molar-refractivity contribution in [1.82, 2.24) is 4.98 Å². The average Bonchev–Trinajstić information content (AvgIpc) is 2.16. The fraction of sp³-hybridized carbons (Fsp3) is 0.583. The molecule has 1 nitrogen and oxygen atoms in total. The van der Waals surface area contributed by atoms with Crippen LogP contribution >= 0.6 is 11.8 Å². The lowest BCUT2D eigenvalue weighted by molar-refractivity contribution is 0.740. The molecule has 0 aliphatic carbocycles. The van der Waals surface area contributed by atoms with Crippen molar-refractivity contribution < 1.29 is 0 Å². The van der Waals surface area contributed by atoms with Gasteiger partial charge in [0, 0.05) is 16.8 Å². The molecule has 0 radical (unpaired) electrons. The van der Waals surface area contributed by atoms with Gasteiger partial charge >= 0.3 is 0 Å². The van der Waals surface area contributed by atoms with Crippen LogP contribution < -0.4 is 0 Å². The summed E-state index contributed by atoms with van der Waals surface area (Å²) in [6.45, 7) is 8.89. The van der Waals surface area contributed by atoms with Crippen LogP contribution in [0.4, 0.5) is 0 Å². The van der Waals surface area contributed by atoms with Crippen LogP contribution in [0, 0.1) is 0 Å². The fourth-order valence-corrected chi connectivity index (χ4v) is 2.45. The molecule has 1 aromatic heterocycles. The fourth-order valence-electron chi connectivity index (χ4n) is 1.69. The lowest BCUT2D eigenvalue weighted by atomic mass is 9.95. The molecule has 0 aliphatic heterocycles. The Labute approximate surface area is 91.3 Å². The van der Waals surface area contributed by atoms with Gasteiger partial charge in [0.05, 0.1) is 0 Å². The van der Waals surface area contributed by atoms with Crippen LogP contribution in [0.5, 0.6) is 0 Å². The number of aromatic nitrogens is 1. The minimum atomic E-state index is 0.513. The summed E-state index contributed by atoms with van der Waals surface area (Å²) in [5, 5.41) is 0. The molecule has 1 aromatic rings. The molecular weight excluding hydrogens is 190 g/mol. The van der Waals surface area contributed by atoms with Crippen molar-refractivity contribution in [3.63, 3.8) is 0 Å². The molecule has 1 rings (SSSR count). The lowest BCUT2D eigenvalue weighted by Gasteiger charge is -2.17. The minimum absolute atomic E-state index is 0.513. The summed E-state index contributed by atoms with van der Waals surface area (Å²) in [4.78, 5) is 5.87. The Kier molecular flexibility index (Phi) is 3.99. The van der Waals surface area contributed by atoms with E-state index in [1.54, 1.807) is 0 Å². The third kappa shape index (κ3) is 2.30. The van der Waals surface area contributed by atoms with Crippen molar-refractivity contribution in [1.29, 1.82) is 0 Å². The molecular formula is C12H19NS. The number of hydrogen-bond acceptors (Lipinski definition) is 2. The second-order valence-electron chi connectivity index (χ2n) is 4.12. The molecule has 0 unspecified atom stereocenters.